The summed E-state index contributed by atoms with van der Waals surface area (Å²) in [5.41, 5.74) is 0.457. The van der Waals surface area contributed by atoms with E-state index in [1.54, 1.807) is 24.5 Å². The lowest BCUT2D eigenvalue weighted by Gasteiger charge is -2.06. The smallest absolute Gasteiger partial charge is 0.374 e. The van der Waals surface area contributed by atoms with Crippen molar-refractivity contribution in [3.8, 4) is 0 Å². The molecule has 1 aromatic carbocycles. The number of nitrogens with one attached hydrogen (secondary N) is 1. The number of aromatic carboxylic acids is 1. The Labute approximate surface area is 118 Å². The predicted octanol–water partition coefficient (Wildman–Crippen LogP) is 2.17. The van der Waals surface area contributed by atoms with Gasteiger partial charge in [0.2, 0.25) is 5.76 Å². The van der Waals surface area contributed by atoms with Crippen LogP contribution in [-0.4, -0.2) is 27.1 Å². The van der Waals surface area contributed by atoms with E-state index in [-0.39, 0.29) is 11.5 Å². The van der Waals surface area contributed by atoms with Gasteiger partial charge >= 0.3 is 5.97 Å². The number of pyridine rings is 1. The van der Waals surface area contributed by atoms with Crippen molar-refractivity contribution in [1.82, 2.24) is 10.1 Å². The van der Waals surface area contributed by atoms with Crippen molar-refractivity contribution >= 4 is 28.3 Å². The number of amides is 1. The van der Waals surface area contributed by atoms with Crippen LogP contribution in [0, 0.1) is 0 Å². The van der Waals surface area contributed by atoms with Crippen LogP contribution in [-0.2, 0) is 0 Å². The van der Waals surface area contributed by atoms with Crippen molar-refractivity contribution in [1.29, 1.82) is 0 Å². The van der Waals surface area contributed by atoms with Crippen molar-refractivity contribution in [3.05, 3.63) is 54.2 Å². The van der Waals surface area contributed by atoms with Gasteiger partial charge in [0.25, 0.3) is 5.91 Å². The van der Waals surface area contributed by atoms with Gasteiger partial charge in [-0.3, -0.25) is 9.78 Å². The number of anilines is 1. The Morgan fingerprint density at radius 1 is 1.24 bits per heavy atom. The molecule has 2 N–H and O–H groups in total. The second kappa shape index (κ2) is 5.04. The lowest BCUT2D eigenvalue weighted by Crippen LogP contribution is -2.12. The Morgan fingerprint density at radius 3 is 2.86 bits per heavy atom. The molecule has 0 fully saturated rings. The zero-order valence-electron chi connectivity index (χ0n) is 10.6. The molecule has 0 unspecified atom stereocenters. The van der Waals surface area contributed by atoms with E-state index in [0.717, 1.165) is 16.8 Å². The number of fused-ring (bicyclic) bond motifs is 1. The summed E-state index contributed by atoms with van der Waals surface area (Å²) in [6.45, 7) is 0. The van der Waals surface area contributed by atoms with E-state index in [0.29, 0.717) is 5.69 Å². The molecule has 0 atom stereocenters. The summed E-state index contributed by atoms with van der Waals surface area (Å²) >= 11 is 0. The molecular weight excluding hydrogens is 274 g/mol. The number of rotatable bonds is 3. The quantitative estimate of drug-likeness (QED) is 0.763. The molecule has 0 bridgehead atoms. The van der Waals surface area contributed by atoms with Gasteiger partial charge in [0, 0.05) is 23.8 Å². The van der Waals surface area contributed by atoms with Gasteiger partial charge in [-0.25, -0.2) is 4.79 Å². The summed E-state index contributed by atoms with van der Waals surface area (Å²) in [6, 6.07) is 8.31. The molecule has 104 valence electrons. The number of nitrogens with zero attached hydrogens (tertiary/aromatic N) is 2. The van der Waals surface area contributed by atoms with Crippen LogP contribution in [0.5, 0.6) is 0 Å². The number of carboxylic acids is 1. The highest BCUT2D eigenvalue weighted by Crippen LogP contribution is 2.22. The van der Waals surface area contributed by atoms with E-state index in [1.807, 2.05) is 12.1 Å². The zero-order chi connectivity index (χ0) is 14.8. The molecule has 0 saturated carbocycles. The fourth-order valence-corrected chi connectivity index (χ4v) is 1.89. The molecule has 2 aromatic heterocycles. The van der Waals surface area contributed by atoms with E-state index in [1.165, 1.54) is 0 Å². The van der Waals surface area contributed by atoms with Crippen molar-refractivity contribution in [2.75, 3.05) is 5.32 Å². The van der Waals surface area contributed by atoms with E-state index < -0.39 is 11.9 Å². The topological polar surface area (TPSA) is 105 Å². The molecular formula is C14H9N3O4. The minimum atomic E-state index is -1.28. The summed E-state index contributed by atoms with van der Waals surface area (Å²) < 4.78 is 4.55. The molecule has 0 aliphatic heterocycles. The van der Waals surface area contributed by atoms with Gasteiger partial charge in [0.05, 0.1) is 5.69 Å². The molecule has 7 nitrogen and oxygen atoms in total. The van der Waals surface area contributed by atoms with Crippen LogP contribution < -0.4 is 5.32 Å². The normalized spacial score (nSPS) is 10.5. The number of aromatic nitrogens is 2. The standard InChI is InChI=1S/C14H9N3O4/c18-13(11-6-12(14(19)20)21-17-11)16-10-3-1-2-8-4-5-15-7-9(8)10/h1-7H,(H,16,18)(H,19,20). The Hall–Kier alpha value is -3.22. The maximum atomic E-state index is 12.0. The average molecular weight is 283 g/mol. The molecule has 3 rings (SSSR count). The van der Waals surface area contributed by atoms with Gasteiger partial charge in [0.1, 0.15) is 0 Å². The minimum Gasteiger partial charge on any atom is -0.475 e. The molecule has 1 amide bonds. The fourth-order valence-electron chi connectivity index (χ4n) is 1.89. The summed E-state index contributed by atoms with van der Waals surface area (Å²) in [4.78, 5) is 26.8. The Bertz CT molecular complexity index is 836. The Kier molecular flexibility index (Phi) is 3.07. The second-order valence-corrected chi connectivity index (χ2v) is 4.24. The van der Waals surface area contributed by atoms with Gasteiger partial charge < -0.3 is 14.9 Å². The number of carbonyl (C=O) groups is 2. The maximum Gasteiger partial charge on any atom is 0.374 e. The summed E-state index contributed by atoms with van der Waals surface area (Å²) in [5.74, 6) is -2.22. The monoisotopic (exact) mass is 283 g/mol. The first-order valence-corrected chi connectivity index (χ1v) is 5.99. The van der Waals surface area contributed by atoms with E-state index >= 15 is 0 Å². The van der Waals surface area contributed by atoms with Crippen LogP contribution >= 0.6 is 0 Å². The molecule has 0 aliphatic carbocycles. The van der Waals surface area contributed by atoms with Gasteiger partial charge in [-0.1, -0.05) is 17.3 Å². The zero-order valence-corrected chi connectivity index (χ0v) is 10.6. The fraction of sp³-hybridized carbons (Fsp3) is 0. The first kappa shape index (κ1) is 12.8. The highest BCUT2D eigenvalue weighted by atomic mass is 16.5. The minimum absolute atomic E-state index is 0.103. The van der Waals surface area contributed by atoms with E-state index in [9.17, 15) is 9.59 Å². The van der Waals surface area contributed by atoms with Gasteiger partial charge in [-0.05, 0) is 17.5 Å². The Morgan fingerprint density at radius 2 is 2.10 bits per heavy atom. The van der Waals surface area contributed by atoms with Crippen LogP contribution in [0.3, 0.4) is 0 Å². The number of carbonyl (C=O) groups excluding carboxylic acids is 1. The number of hydrogen-bond acceptors (Lipinski definition) is 5. The largest absolute Gasteiger partial charge is 0.475 e. The lowest BCUT2D eigenvalue weighted by molar-refractivity contribution is 0.0651. The number of benzene rings is 1. The predicted molar refractivity (Wildman–Crippen MR) is 73.2 cm³/mol. The number of carboxylic acid groups (broad SMARTS) is 1. The molecule has 0 saturated heterocycles. The SMILES string of the molecule is O=C(Nc1cccc2ccncc12)c1cc(C(=O)O)on1. The summed E-state index contributed by atoms with van der Waals surface area (Å²) in [6.07, 6.45) is 3.29. The van der Waals surface area contributed by atoms with Crippen LogP contribution in [0.25, 0.3) is 10.8 Å². The third-order valence-electron chi connectivity index (χ3n) is 2.89. The lowest BCUT2D eigenvalue weighted by atomic mass is 10.1. The van der Waals surface area contributed by atoms with Crippen molar-refractivity contribution in [2.24, 2.45) is 0 Å². The highest BCUT2D eigenvalue weighted by molar-refractivity contribution is 6.08. The van der Waals surface area contributed by atoms with Crippen molar-refractivity contribution < 1.29 is 19.2 Å². The van der Waals surface area contributed by atoms with Crippen LogP contribution in [0.15, 0.2) is 47.2 Å². The number of hydrogen-bond donors (Lipinski definition) is 2. The summed E-state index contributed by atoms with van der Waals surface area (Å²) in [7, 11) is 0. The maximum absolute atomic E-state index is 12.0. The van der Waals surface area contributed by atoms with Gasteiger partial charge in [-0.15, -0.1) is 0 Å². The van der Waals surface area contributed by atoms with Crippen molar-refractivity contribution in [2.45, 2.75) is 0 Å². The molecule has 0 spiro atoms. The van der Waals surface area contributed by atoms with Crippen LogP contribution in [0.1, 0.15) is 21.0 Å². The first-order chi connectivity index (χ1) is 10.1. The third kappa shape index (κ3) is 2.44. The molecule has 3 aromatic rings. The average Bonchev–Trinajstić information content (AvgIpc) is 2.98. The van der Waals surface area contributed by atoms with E-state index in [2.05, 4.69) is 20.0 Å². The molecule has 7 heteroatoms. The van der Waals surface area contributed by atoms with Crippen molar-refractivity contribution in [3.63, 3.8) is 0 Å². The highest BCUT2D eigenvalue weighted by Gasteiger charge is 2.17. The summed E-state index contributed by atoms with van der Waals surface area (Å²) in [5, 5.41) is 16.5. The van der Waals surface area contributed by atoms with Crippen LogP contribution in [0.2, 0.25) is 0 Å². The molecule has 2 heterocycles. The third-order valence-corrected chi connectivity index (χ3v) is 2.89. The second-order valence-electron chi connectivity index (χ2n) is 4.24. The van der Waals surface area contributed by atoms with E-state index in [4.69, 9.17) is 5.11 Å². The molecule has 0 aliphatic rings. The first-order valence-electron chi connectivity index (χ1n) is 5.99. The van der Waals surface area contributed by atoms with Gasteiger partial charge in [0.15, 0.2) is 5.69 Å². The van der Waals surface area contributed by atoms with Gasteiger partial charge in [-0.2, -0.15) is 0 Å². The Balaban J connectivity index is 1.91. The molecule has 21 heavy (non-hydrogen) atoms. The van der Waals surface area contributed by atoms with Crippen LogP contribution in [0.4, 0.5) is 5.69 Å². The molecule has 0 radical (unpaired) electrons.